The molecule has 4 amide bonds. The topological polar surface area (TPSA) is 192 Å². The third-order valence-electron chi connectivity index (χ3n) is 13.3. The first kappa shape index (κ1) is 43.7. The number of hydrogen-bond donors (Lipinski definition) is 3. The summed E-state index contributed by atoms with van der Waals surface area (Å²) in [7, 11) is 1.49. The highest BCUT2D eigenvalue weighted by molar-refractivity contribution is 6.25. The number of likely N-dealkylation sites (tertiary alicyclic amines) is 1. The number of ether oxygens (including phenoxy) is 2. The van der Waals surface area contributed by atoms with Gasteiger partial charge in [-0.15, -0.1) is 0 Å². The van der Waals surface area contributed by atoms with Gasteiger partial charge in [-0.3, -0.25) is 28.8 Å². The Morgan fingerprint density at radius 1 is 1.02 bits per heavy atom. The summed E-state index contributed by atoms with van der Waals surface area (Å²) in [6, 6.07) is 5.90. The van der Waals surface area contributed by atoms with Crippen molar-refractivity contribution >= 4 is 46.5 Å². The Labute approximate surface area is 368 Å². The van der Waals surface area contributed by atoms with E-state index < -0.39 is 48.0 Å². The number of carbonyl (C=O) groups is 4. The quantitative estimate of drug-likeness (QED) is 0.122. The number of fused-ring (bicyclic) bond motifs is 2. The molecule has 4 aromatic rings. The van der Waals surface area contributed by atoms with Crippen LogP contribution in [0.25, 0.3) is 5.65 Å². The van der Waals surface area contributed by atoms with Crippen LogP contribution in [-0.2, 0) is 14.3 Å². The van der Waals surface area contributed by atoms with Crippen molar-refractivity contribution in [3.05, 3.63) is 65.2 Å². The number of carbonyl (C=O) groups excluding carboxylic acids is 4. The zero-order valence-corrected chi connectivity index (χ0v) is 35.9. The normalized spacial score (nSPS) is 23.5. The number of aromatic nitrogens is 5. The van der Waals surface area contributed by atoms with Crippen LogP contribution in [0, 0.1) is 5.92 Å². The van der Waals surface area contributed by atoms with E-state index in [0.29, 0.717) is 68.9 Å². The van der Waals surface area contributed by atoms with Gasteiger partial charge in [0.1, 0.15) is 23.7 Å². The van der Waals surface area contributed by atoms with Crippen molar-refractivity contribution in [2.75, 3.05) is 81.3 Å². The molecule has 3 saturated heterocycles. The monoisotopic (exact) mass is 887 g/mol. The van der Waals surface area contributed by atoms with Crippen LogP contribution < -0.4 is 20.4 Å². The van der Waals surface area contributed by atoms with E-state index in [0.717, 1.165) is 63.1 Å². The number of imide groups is 1. The highest BCUT2D eigenvalue weighted by Crippen LogP contribution is 2.37. The van der Waals surface area contributed by atoms with Crippen LogP contribution in [0.4, 0.5) is 26.0 Å². The van der Waals surface area contributed by atoms with E-state index in [1.807, 2.05) is 6.07 Å². The largest absolute Gasteiger partial charge is 0.384 e. The van der Waals surface area contributed by atoms with Crippen molar-refractivity contribution in [3.8, 4) is 0 Å². The molecule has 0 bridgehead atoms. The highest BCUT2D eigenvalue weighted by atomic mass is 19.3. The van der Waals surface area contributed by atoms with Crippen molar-refractivity contribution in [1.29, 1.82) is 0 Å². The fourth-order valence-corrected chi connectivity index (χ4v) is 9.79. The molecule has 7 heterocycles. The maximum absolute atomic E-state index is 14.4. The number of halogens is 2. The minimum atomic E-state index is -2.86. The number of nitrogens with zero attached hydrogens (tertiary/aromatic N) is 9. The summed E-state index contributed by atoms with van der Waals surface area (Å²) in [6.45, 7) is 6.42. The number of aliphatic hydroxyl groups excluding tert-OH is 1. The third-order valence-corrected chi connectivity index (χ3v) is 13.3. The zero-order chi connectivity index (χ0) is 44.5. The molecule has 4 fully saturated rings. The Bertz CT molecular complexity index is 2350. The summed E-state index contributed by atoms with van der Waals surface area (Å²) in [5.41, 5.74) is 1.28. The molecular formula is C44H55F2N11O7. The molecule has 1 aromatic carbocycles. The number of alkyl halides is 2. The van der Waals surface area contributed by atoms with Gasteiger partial charge in [-0.05, 0) is 81.9 Å². The van der Waals surface area contributed by atoms with E-state index in [2.05, 4.69) is 30.6 Å². The van der Waals surface area contributed by atoms with Gasteiger partial charge in [0.25, 0.3) is 24.1 Å². The van der Waals surface area contributed by atoms with Gasteiger partial charge in [0.15, 0.2) is 11.3 Å². The molecule has 18 nitrogen and oxygen atoms in total. The first-order chi connectivity index (χ1) is 31.0. The van der Waals surface area contributed by atoms with Crippen molar-refractivity contribution < 1.29 is 42.5 Å². The second-order valence-corrected chi connectivity index (χ2v) is 17.4. The molecule has 0 radical (unpaired) electrons. The Balaban J connectivity index is 0.712. The van der Waals surface area contributed by atoms with Gasteiger partial charge in [-0.1, -0.05) is 6.07 Å². The Hall–Kier alpha value is -5.57. The molecule has 5 aliphatic rings. The van der Waals surface area contributed by atoms with E-state index in [-0.39, 0.29) is 47.4 Å². The van der Waals surface area contributed by atoms with Crippen molar-refractivity contribution in [2.45, 2.75) is 88.6 Å². The molecule has 64 heavy (non-hydrogen) atoms. The van der Waals surface area contributed by atoms with Crippen LogP contribution >= 0.6 is 0 Å². The van der Waals surface area contributed by atoms with Crippen LogP contribution in [0.15, 0.2) is 42.9 Å². The SMILES string of the molecule is CN(C(=O)c1cnn2ccc(N3CCOCC3)nc12)c1cn(C2CCC(CN3CCC(OCCCNc4cccc5c4C(=O)N(C4CCC(O)NC4=O)C5=O)CC3)CC2)nc1C(F)F. The van der Waals surface area contributed by atoms with Crippen LogP contribution in [-0.4, -0.2) is 147 Å². The van der Waals surface area contributed by atoms with Gasteiger partial charge in [0.05, 0.1) is 48.4 Å². The molecule has 9 rings (SSSR count). The molecule has 0 spiro atoms. The molecule has 3 aromatic heterocycles. The lowest BCUT2D eigenvalue weighted by Crippen LogP contribution is -2.55. The van der Waals surface area contributed by atoms with E-state index >= 15 is 0 Å². The maximum atomic E-state index is 14.4. The number of aliphatic hydroxyl groups is 1. The molecule has 2 unspecified atom stereocenters. The molecule has 1 aliphatic carbocycles. The lowest BCUT2D eigenvalue weighted by atomic mass is 9.85. The average Bonchev–Trinajstić information content (AvgIpc) is 4.02. The minimum absolute atomic E-state index is 0.0459. The summed E-state index contributed by atoms with van der Waals surface area (Å²) in [6.07, 6.45) is 7.57. The van der Waals surface area contributed by atoms with Crippen LogP contribution in [0.3, 0.4) is 0 Å². The number of benzene rings is 1. The predicted molar refractivity (Wildman–Crippen MR) is 230 cm³/mol. The number of nitrogens with one attached hydrogen (secondary N) is 2. The fourth-order valence-electron chi connectivity index (χ4n) is 9.79. The molecule has 20 heteroatoms. The van der Waals surface area contributed by atoms with Crippen molar-refractivity contribution in [3.63, 3.8) is 0 Å². The maximum Gasteiger partial charge on any atom is 0.284 e. The first-order valence-corrected chi connectivity index (χ1v) is 22.4. The molecule has 3 N–H and O–H groups in total. The summed E-state index contributed by atoms with van der Waals surface area (Å²) < 4.78 is 43.7. The lowest BCUT2D eigenvalue weighted by Gasteiger charge is -2.36. The second kappa shape index (κ2) is 18.9. The van der Waals surface area contributed by atoms with Gasteiger partial charge in [0, 0.05) is 71.0 Å². The fraction of sp³-hybridized carbons (Fsp3) is 0.568. The number of rotatable bonds is 14. The Morgan fingerprint density at radius 3 is 2.55 bits per heavy atom. The first-order valence-electron chi connectivity index (χ1n) is 22.4. The predicted octanol–water partition coefficient (Wildman–Crippen LogP) is 3.88. The number of anilines is 3. The highest BCUT2D eigenvalue weighted by Gasteiger charge is 2.45. The molecule has 1 saturated carbocycles. The number of hydrogen-bond acceptors (Lipinski definition) is 13. The number of piperidine rings is 2. The Morgan fingerprint density at radius 2 is 1.80 bits per heavy atom. The van der Waals surface area contributed by atoms with Gasteiger partial charge in [0.2, 0.25) is 5.91 Å². The van der Waals surface area contributed by atoms with E-state index in [1.165, 1.54) is 22.7 Å². The molecule has 342 valence electrons. The Kier molecular flexibility index (Phi) is 12.9. The molecular weight excluding hydrogens is 833 g/mol. The van der Waals surface area contributed by atoms with Crippen molar-refractivity contribution in [1.82, 2.24) is 39.5 Å². The summed E-state index contributed by atoms with van der Waals surface area (Å²) in [5.74, 6) is -0.868. The molecule has 4 aliphatic heterocycles. The number of amides is 4. The van der Waals surface area contributed by atoms with Crippen LogP contribution in [0.5, 0.6) is 0 Å². The molecule has 2 atom stereocenters. The lowest BCUT2D eigenvalue weighted by molar-refractivity contribution is -0.131. The zero-order valence-electron chi connectivity index (χ0n) is 35.9. The summed E-state index contributed by atoms with van der Waals surface area (Å²) in [5, 5.41) is 24.1. The number of morpholine rings is 1. The standard InChI is InChI=1S/C44H55F2N11O7/c1-52(42(60)31-24-48-55-18-14-35(49-40(31)55)54-19-22-63-23-20-54)34-26-56(51-38(34)39(45)46)28-8-6-27(7-9-28)25-53-16-12-29(13-17-53)64-21-3-15-47-32-5-2-4-30-37(32)44(62)57(43(30)61)33-10-11-36(58)50-41(33)59/h2,4-5,14,18,24,26-29,33,36,39,47,58H,3,6-13,15-17,19-23,25H2,1H3,(H,50,59). The average molecular weight is 888 g/mol. The smallest absolute Gasteiger partial charge is 0.284 e. The minimum Gasteiger partial charge on any atom is -0.384 e. The van der Waals surface area contributed by atoms with Gasteiger partial charge >= 0.3 is 0 Å². The van der Waals surface area contributed by atoms with Crippen LogP contribution in [0.2, 0.25) is 0 Å². The van der Waals surface area contributed by atoms with E-state index in [4.69, 9.17) is 14.5 Å². The summed E-state index contributed by atoms with van der Waals surface area (Å²) >= 11 is 0. The third kappa shape index (κ3) is 8.92. The van der Waals surface area contributed by atoms with Crippen LogP contribution in [0.1, 0.15) is 107 Å². The summed E-state index contributed by atoms with van der Waals surface area (Å²) in [4.78, 5) is 64.4. The van der Waals surface area contributed by atoms with Gasteiger partial charge < -0.3 is 39.9 Å². The van der Waals surface area contributed by atoms with Crippen molar-refractivity contribution in [2.24, 2.45) is 5.92 Å². The van der Waals surface area contributed by atoms with E-state index in [1.54, 1.807) is 35.3 Å². The van der Waals surface area contributed by atoms with Gasteiger partial charge in [-0.25, -0.2) is 18.3 Å². The van der Waals surface area contributed by atoms with Gasteiger partial charge in [-0.2, -0.15) is 10.2 Å². The second-order valence-electron chi connectivity index (χ2n) is 17.4. The van der Waals surface area contributed by atoms with E-state index in [9.17, 15) is 33.1 Å².